The molecule has 0 radical (unpaired) electrons. The van der Waals surface area contributed by atoms with Crippen molar-refractivity contribution in [2.24, 2.45) is 11.3 Å². The highest BCUT2D eigenvalue weighted by Gasteiger charge is 2.32. The molecule has 1 atom stereocenters. The monoisotopic (exact) mass is 286 g/mol. The first-order valence-corrected chi connectivity index (χ1v) is 7.45. The highest BCUT2D eigenvalue weighted by atomic mass is 32.2. The molecule has 19 heavy (non-hydrogen) atoms. The zero-order chi connectivity index (χ0) is 14.8. The molecule has 0 aromatic carbocycles. The number of rotatable bonds is 4. The Morgan fingerprint density at radius 2 is 1.95 bits per heavy atom. The fourth-order valence-corrected chi connectivity index (χ4v) is 3.03. The largest absolute Gasteiger partial charge is 0.308 e. The zero-order valence-corrected chi connectivity index (χ0v) is 12.8. The minimum atomic E-state index is -3.54. The molecule has 0 saturated heterocycles. The zero-order valence-electron chi connectivity index (χ0n) is 12.0. The van der Waals surface area contributed by atoms with Gasteiger partial charge in [0.1, 0.15) is 10.7 Å². The van der Waals surface area contributed by atoms with E-state index in [1.165, 1.54) is 22.6 Å². The molecular formula is C12H22N4O2S. The van der Waals surface area contributed by atoms with Crippen LogP contribution < -0.4 is 11.3 Å². The van der Waals surface area contributed by atoms with Gasteiger partial charge in [0.05, 0.1) is 0 Å². The number of nitrogens with two attached hydrogens (primary N) is 1. The number of hydrogen-bond donors (Lipinski definition) is 2. The van der Waals surface area contributed by atoms with Crippen molar-refractivity contribution in [3.05, 3.63) is 18.3 Å². The third-order valence-electron chi connectivity index (χ3n) is 3.36. The van der Waals surface area contributed by atoms with Crippen molar-refractivity contribution in [1.29, 1.82) is 0 Å². The van der Waals surface area contributed by atoms with Gasteiger partial charge in [-0.1, -0.05) is 20.8 Å². The summed E-state index contributed by atoms with van der Waals surface area (Å²) in [6.07, 6.45) is 1.30. The molecular weight excluding hydrogens is 264 g/mol. The summed E-state index contributed by atoms with van der Waals surface area (Å²) in [7, 11) is -1.96. The summed E-state index contributed by atoms with van der Waals surface area (Å²) in [6.45, 7) is 7.90. The first-order valence-electron chi connectivity index (χ1n) is 6.01. The minimum Gasteiger partial charge on any atom is -0.308 e. The van der Waals surface area contributed by atoms with E-state index in [4.69, 9.17) is 5.84 Å². The van der Waals surface area contributed by atoms with E-state index in [1.807, 2.05) is 27.7 Å². The standard InChI is InChI=1S/C12H22N4O2S/c1-9(12(2,3)4)16(5)19(17,18)10-6-7-11(15-13)14-8-10/h6-9H,13H2,1-5H3,(H,14,15). The number of aromatic nitrogens is 1. The maximum atomic E-state index is 12.5. The van der Waals surface area contributed by atoms with Crippen LogP contribution in [0, 0.1) is 5.41 Å². The van der Waals surface area contributed by atoms with Crippen LogP contribution in [0.4, 0.5) is 5.82 Å². The molecule has 3 N–H and O–H groups in total. The summed E-state index contributed by atoms with van der Waals surface area (Å²) in [5, 5.41) is 0. The van der Waals surface area contributed by atoms with Gasteiger partial charge in [-0.05, 0) is 24.5 Å². The fourth-order valence-electron chi connectivity index (χ4n) is 1.54. The molecule has 1 heterocycles. The average molecular weight is 286 g/mol. The SMILES string of the molecule is CC(N(C)S(=O)(=O)c1ccc(NN)nc1)C(C)(C)C. The normalized spacial score (nSPS) is 14.5. The smallest absolute Gasteiger partial charge is 0.244 e. The lowest BCUT2D eigenvalue weighted by atomic mass is 9.88. The second kappa shape index (κ2) is 5.44. The van der Waals surface area contributed by atoms with Crippen molar-refractivity contribution in [1.82, 2.24) is 9.29 Å². The van der Waals surface area contributed by atoms with E-state index in [9.17, 15) is 8.42 Å². The number of sulfonamides is 1. The molecule has 0 spiro atoms. The maximum absolute atomic E-state index is 12.5. The Hall–Kier alpha value is -1.18. The average Bonchev–Trinajstić information content (AvgIpc) is 2.35. The Morgan fingerprint density at radius 3 is 2.32 bits per heavy atom. The highest BCUT2D eigenvalue weighted by Crippen LogP contribution is 2.27. The van der Waals surface area contributed by atoms with Gasteiger partial charge in [0, 0.05) is 19.3 Å². The van der Waals surface area contributed by atoms with E-state index in [-0.39, 0.29) is 16.4 Å². The number of nitrogens with one attached hydrogen (secondary N) is 1. The lowest BCUT2D eigenvalue weighted by Crippen LogP contribution is -2.42. The van der Waals surface area contributed by atoms with Crippen molar-refractivity contribution < 1.29 is 8.42 Å². The first kappa shape index (κ1) is 15.9. The Morgan fingerprint density at radius 1 is 1.37 bits per heavy atom. The van der Waals surface area contributed by atoms with Gasteiger partial charge in [-0.3, -0.25) is 0 Å². The Kier molecular flexibility index (Phi) is 4.54. The predicted molar refractivity (Wildman–Crippen MR) is 75.9 cm³/mol. The Balaban J connectivity index is 3.09. The fraction of sp³-hybridized carbons (Fsp3) is 0.583. The summed E-state index contributed by atoms with van der Waals surface area (Å²) in [4.78, 5) is 4.08. The third kappa shape index (κ3) is 3.43. The summed E-state index contributed by atoms with van der Waals surface area (Å²) < 4.78 is 26.3. The highest BCUT2D eigenvalue weighted by molar-refractivity contribution is 7.89. The molecule has 1 rings (SSSR count). The molecule has 0 aliphatic rings. The molecule has 1 aromatic heterocycles. The van der Waals surface area contributed by atoms with Gasteiger partial charge >= 0.3 is 0 Å². The molecule has 108 valence electrons. The van der Waals surface area contributed by atoms with Crippen LogP contribution in [0.1, 0.15) is 27.7 Å². The van der Waals surface area contributed by atoms with Crippen LogP contribution in [-0.4, -0.2) is 30.8 Å². The van der Waals surface area contributed by atoms with Gasteiger partial charge in [-0.25, -0.2) is 19.2 Å². The summed E-state index contributed by atoms with van der Waals surface area (Å²) in [5.41, 5.74) is 2.22. The molecule has 0 aliphatic heterocycles. The van der Waals surface area contributed by atoms with Crippen molar-refractivity contribution in [2.75, 3.05) is 12.5 Å². The van der Waals surface area contributed by atoms with Crippen LogP contribution in [0.25, 0.3) is 0 Å². The van der Waals surface area contributed by atoms with Crippen molar-refractivity contribution in [3.63, 3.8) is 0 Å². The summed E-state index contributed by atoms with van der Waals surface area (Å²) in [5.74, 6) is 5.62. The number of hydrogen-bond acceptors (Lipinski definition) is 5. The molecule has 0 fully saturated rings. The summed E-state index contributed by atoms with van der Waals surface area (Å²) >= 11 is 0. The topological polar surface area (TPSA) is 88.3 Å². The molecule has 0 saturated carbocycles. The van der Waals surface area contributed by atoms with E-state index in [0.717, 1.165) is 0 Å². The van der Waals surface area contributed by atoms with Crippen LogP contribution in [0.15, 0.2) is 23.2 Å². The maximum Gasteiger partial charge on any atom is 0.244 e. The Labute approximate surface area is 115 Å². The van der Waals surface area contributed by atoms with Gasteiger partial charge in [0.2, 0.25) is 10.0 Å². The van der Waals surface area contributed by atoms with Crippen LogP contribution in [0.3, 0.4) is 0 Å². The van der Waals surface area contributed by atoms with E-state index in [0.29, 0.717) is 5.82 Å². The van der Waals surface area contributed by atoms with Crippen molar-refractivity contribution in [2.45, 2.75) is 38.6 Å². The van der Waals surface area contributed by atoms with Gasteiger partial charge in [0.15, 0.2) is 0 Å². The quantitative estimate of drug-likeness (QED) is 0.645. The Bertz CT molecular complexity index is 520. The number of nitrogens with zero attached hydrogens (tertiary/aromatic N) is 2. The van der Waals surface area contributed by atoms with Crippen molar-refractivity contribution in [3.8, 4) is 0 Å². The van der Waals surface area contributed by atoms with Crippen LogP contribution in [0.5, 0.6) is 0 Å². The van der Waals surface area contributed by atoms with E-state index >= 15 is 0 Å². The molecule has 0 aliphatic carbocycles. The van der Waals surface area contributed by atoms with E-state index in [1.54, 1.807) is 7.05 Å². The number of pyridine rings is 1. The second-order valence-electron chi connectivity index (χ2n) is 5.59. The third-order valence-corrected chi connectivity index (χ3v) is 5.27. The lowest BCUT2D eigenvalue weighted by Gasteiger charge is -2.34. The van der Waals surface area contributed by atoms with Gasteiger partial charge in [0.25, 0.3) is 0 Å². The molecule has 0 amide bonds. The molecule has 1 aromatic rings. The molecule has 6 nitrogen and oxygen atoms in total. The van der Waals surface area contributed by atoms with E-state index in [2.05, 4.69) is 10.4 Å². The van der Waals surface area contributed by atoms with E-state index < -0.39 is 10.0 Å². The van der Waals surface area contributed by atoms with Gasteiger partial charge in [-0.2, -0.15) is 4.31 Å². The van der Waals surface area contributed by atoms with Crippen LogP contribution >= 0.6 is 0 Å². The lowest BCUT2D eigenvalue weighted by molar-refractivity contribution is 0.216. The first-order chi connectivity index (χ1) is 8.60. The minimum absolute atomic E-state index is 0.134. The van der Waals surface area contributed by atoms with Crippen LogP contribution in [0.2, 0.25) is 0 Å². The number of nitrogen functional groups attached to an aromatic ring is 1. The predicted octanol–water partition coefficient (Wildman–Crippen LogP) is 1.42. The van der Waals surface area contributed by atoms with Crippen LogP contribution in [-0.2, 0) is 10.0 Å². The second-order valence-corrected chi connectivity index (χ2v) is 7.58. The van der Waals surface area contributed by atoms with Crippen molar-refractivity contribution >= 4 is 15.8 Å². The summed E-state index contributed by atoms with van der Waals surface area (Å²) in [6, 6.07) is 2.89. The molecule has 7 heteroatoms. The number of anilines is 1. The van der Waals surface area contributed by atoms with Gasteiger partial charge in [-0.15, -0.1) is 0 Å². The molecule has 0 bridgehead atoms. The molecule has 1 unspecified atom stereocenters. The number of hydrazine groups is 1. The van der Waals surface area contributed by atoms with Gasteiger partial charge < -0.3 is 5.43 Å².